The number of rotatable bonds is 2. The molecule has 72 valence electrons. The van der Waals surface area contributed by atoms with E-state index >= 15 is 0 Å². The van der Waals surface area contributed by atoms with Gasteiger partial charge in [0.05, 0.1) is 12.3 Å². The number of aromatic nitrogens is 1. The fourth-order valence-corrected chi connectivity index (χ4v) is 1.37. The maximum absolute atomic E-state index is 11.8. The molecule has 0 amide bonds. The molecule has 1 aromatic heterocycles. The molecular weight excluding hydrogens is 207 g/mol. The Kier molecular flexibility index (Phi) is 2.67. The van der Waals surface area contributed by atoms with Gasteiger partial charge in [0, 0.05) is 5.38 Å². The van der Waals surface area contributed by atoms with Gasteiger partial charge in [-0.15, -0.1) is 11.3 Å². The second kappa shape index (κ2) is 3.43. The highest BCUT2D eigenvalue weighted by Crippen LogP contribution is 2.23. The number of hydrogen-bond donors (Lipinski definition) is 1. The molecule has 0 fully saturated rings. The zero-order chi connectivity index (χ0) is 10.1. The van der Waals surface area contributed by atoms with Crippen LogP contribution in [0.1, 0.15) is 15.5 Å². The van der Waals surface area contributed by atoms with E-state index in [1.165, 1.54) is 5.38 Å². The van der Waals surface area contributed by atoms with Crippen LogP contribution in [0.5, 0.6) is 0 Å². The van der Waals surface area contributed by atoms with E-state index in [4.69, 9.17) is 5.11 Å². The van der Waals surface area contributed by atoms with Crippen molar-refractivity contribution in [1.82, 2.24) is 4.98 Å². The second-order valence-electron chi connectivity index (χ2n) is 2.13. The van der Waals surface area contributed by atoms with Crippen LogP contribution in [0.2, 0.25) is 0 Å². The quantitative estimate of drug-likeness (QED) is 0.752. The lowest BCUT2D eigenvalue weighted by molar-refractivity contribution is -0.0885. The molecule has 3 nitrogen and oxygen atoms in total. The number of nitrogens with zero attached hydrogens (tertiary/aromatic N) is 1. The Morgan fingerprint density at radius 3 is 2.62 bits per heavy atom. The molecule has 0 spiro atoms. The zero-order valence-electron chi connectivity index (χ0n) is 6.13. The van der Waals surface area contributed by atoms with Gasteiger partial charge in [0.1, 0.15) is 0 Å². The highest BCUT2D eigenvalue weighted by atomic mass is 32.1. The molecule has 0 unspecified atom stereocenters. The number of aliphatic hydroxyl groups is 1. The van der Waals surface area contributed by atoms with Crippen molar-refractivity contribution in [2.45, 2.75) is 12.8 Å². The predicted molar refractivity (Wildman–Crippen MR) is 38.4 cm³/mol. The maximum atomic E-state index is 11.8. The summed E-state index contributed by atoms with van der Waals surface area (Å²) in [6.07, 6.45) is -4.90. The number of aliphatic hydroxyl groups excluding tert-OH is 1. The first kappa shape index (κ1) is 10.1. The van der Waals surface area contributed by atoms with E-state index in [1.54, 1.807) is 0 Å². The highest BCUT2D eigenvalue weighted by Gasteiger charge is 2.41. The lowest BCUT2D eigenvalue weighted by Gasteiger charge is -2.00. The minimum absolute atomic E-state index is 0.0672. The molecular formula is C6H4F3NO2S. The van der Waals surface area contributed by atoms with E-state index < -0.39 is 23.6 Å². The molecule has 1 aromatic rings. The lowest BCUT2D eigenvalue weighted by Crippen LogP contribution is -2.22. The van der Waals surface area contributed by atoms with Gasteiger partial charge in [0.15, 0.2) is 5.01 Å². The minimum atomic E-state index is -4.90. The molecule has 0 atom stereocenters. The summed E-state index contributed by atoms with van der Waals surface area (Å²) in [5.41, 5.74) is 0.0672. The third-order valence-electron chi connectivity index (χ3n) is 1.17. The van der Waals surface area contributed by atoms with E-state index in [1.807, 2.05) is 0 Å². The number of carbonyl (C=O) groups is 1. The smallest absolute Gasteiger partial charge is 0.390 e. The Labute approximate surface area is 74.8 Å². The van der Waals surface area contributed by atoms with Gasteiger partial charge in [-0.3, -0.25) is 4.79 Å². The average Bonchev–Trinajstić information content (AvgIpc) is 2.48. The largest absolute Gasteiger partial charge is 0.457 e. The van der Waals surface area contributed by atoms with Gasteiger partial charge in [-0.1, -0.05) is 0 Å². The number of thiazole rings is 1. The number of carbonyl (C=O) groups excluding carboxylic acids is 1. The molecule has 0 aliphatic carbocycles. The van der Waals surface area contributed by atoms with Crippen LogP contribution < -0.4 is 0 Å². The Balaban J connectivity index is 2.90. The summed E-state index contributed by atoms with van der Waals surface area (Å²) in [7, 11) is 0. The van der Waals surface area contributed by atoms with Gasteiger partial charge in [-0.2, -0.15) is 13.2 Å². The maximum Gasteiger partial charge on any atom is 0.457 e. The standard InChI is InChI=1S/C6H4F3NO2S/c7-6(8,9)4(12)5-10-3(1-11)2-13-5/h2,11H,1H2. The molecule has 0 aromatic carbocycles. The Bertz CT molecular complexity index is 320. The minimum Gasteiger partial charge on any atom is -0.390 e. The van der Waals surface area contributed by atoms with Crippen molar-refractivity contribution in [1.29, 1.82) is 0 Å². The fraction of sp³-hybridized carbons (Fsp3) is 0.333. The monoisotopic (exact) mass is 211 g/mol. The Morgan fingerprint density at radius 2 is 2.23 bits per heavy atom. The van der Waals surface area contributed by atoms with Crippen LogP contribution in [0.25, 0.3) is 0 Å². The molecule has 0 aliphatic rings. The van der Waals surface area contributed by atoms with Crippen LogP contribution in [0, 0.1) is 0 Å². The number of Topliss-reactive ketones (excluding diaryl/α,β-unsaturated/α-hetero) is 1. The first-order chi connectivity index (χ1) is 5.95. The SMILES string of the molecule is O=C(c1nc(CO)cs1)C(F)(F)F. The fourth-order valence-electron chi connectivity index (χ4n) is 0.605. The number of hydrogen-bond acceptors (Lipinski definition) is 4. The summed E-state index contributed by atoms with van der Waals surface area (Å²) in [5, 5.41) is 9.05. The third-order valence-corrected chi connectivity index (χ3v) is 2.06. The normalized spacial score (nSPS) is 11.7. The lowest BCUT2D eigenvalue weighted by atomic mass is 10.4. The van der Waals surface area contributed by atoms with Crippen LogP contribution in [0.4, 0.5) is 13.2 Å². The van der Waals surface area contributed by atoms with Crippen molar-refractivity contribution in [3.05, 3.63) is 16.1 Å². The molecule has 13 heavy (non-hydrogen) atoms. The van der Waals surface area contributed by atoms with Gasteiger partial charge in [0.25, 0.3) is 5.78 Å². The van der Waals surface area contributed by atoms with E-state index in [2.05, 4.69) is 4.98 Å². The van der Waals surface area contributed by atoms with E-state index in [9.17, 15) is 18.0 Å². The number of alkyl halides is 3. The molecule has 0 saturated heterocycles. The summed E-state index contributed by atoms with van der Waals surface area (Å²) in [5.74, 6) is -1.97. The molecule has 0 saturated carbocycles. The topological polar surface area (TPSA) is 50.2 Å². The summed E-state index contributed by atoms with van der Waals surface area (Å²) in [6.45, 7) is -0.471. The van der Waals surface area contributed by atoms with Gasteiger partial charge < -0.3 is 5.11 Å². The van der Waals surface area contributed by atoms with E-state index in [0.29, 0.717) is 11.3 Å². The molecule has 0 bridgehead atoms. The van der Waals surface area contributed by atoms with Crippen molar-refractivity contribution >= 4 is 17.1 Å². The van der Waals surface area contributed by atoms with Crippen LogP contribution in [0.3, 0.4) is 0 Å². The second-order valence-corrected chi connectivity index (χ2v) is 2.99. The average molecular weight is 211 g/mol. The zero-order valence-corrected chi connectivity index (χ0v) is 6.95. The number of halogens is 3. The third kappa shape index (κ3) is 2.25. The summed E-state index contributed by atoms with van der Waals surface area (Å²) < 4.78 is 35.4. The first-order valence-electron chi connectivity index (χ1n) is 3.12. The Hall–Kier alpha value is -0.950. The molecule has 0 aliphatic heterocycles. The van der Waals surface area contributed by atoms with E-state index in [-0.39, 0.29) is 5.69 Å². The molecule has 1 rings (SSSR count). The van der Waals surface area contributed by atoms with Crippen LogP contribution in [0.15, 0.2) is 5.38 Å². The molecule has 1 heterocycles. The van der Waals surface area contributed by atoms with Gasteiger partial charge in [-0.25, -0.2) is 4.98 Å². The van der Waals surface area contributed by atoms with E-state index in [0.717, 1.165) is 0 Å². The highest BCUT2D eigenvalue weighted by molar-refractivity contribution is 7.11. The van der Waals surface area contributed by atoms with Gasteiger partial charge >= 0.3 is 6.18 Å². The summed E-state index contributed by atoms with van der Waals surface area (Å²) >= 11 is 0.568. The van der Waals surface area contributed by atoms with Crippen LogP contribution >= 0.6 is 11.3 Å². The summed E-state index contributed by atoms with van der Waals surface area (Å²) in [4.78, 5) is 13.8. The van der Waals surface area contributed by atoms with Crippen molar-refractivity contribution < 1.29 is 23.1 Å². The first-order valence-corrected chi connectivity index (χ1v) is 4.00. The molecule has 0 radical (unpaired) electrons. The van der Waals surface area contributed by atoms with Crippen LogP contribution in [-0.2, 0) is 6.61 Å². The van der Waals surface area contributed by atoms with Gasteiger partial charge in [0.2, 0.25) is 0 Å². The van der Waals surface area contributed by atoms with Crippen molar-refractivity contribution in [2.24, 2.45) is 0 Å². The molecule has 7 heteroatoms. The molecule has 1 N–H and O–H groups in total. The Morgan fingerprint density at radius 1 is 1.62 bits per heavy atom. The number of ketones is 1. The summed E-state index contributed by atoms with van der Waals surface area (Å²) in [6, 6.07) is 0. The van der Waals surface area contributed by atoms with Gasteiger partial charge in [-0.05, 0) is 0 Å². The van der Waals surface area contributed by atoms with Crippen molar-refractivity contribution in [3.8, 4) is 0 Å². The van der Waals surface area contributed by atoms with Crippen molar-refractivity contribution in [3.63, 3.8) is 0 Å². The van der Waals surface area contributed by atoms with Crippen molar-refractivity contribution in [2.75, 3.05) is 0 Å². The predicted octanol–water partition coefficient (Wildman–Crippen LogP) is 1.38. The van der Waals surface area contributed by atoms with Crippen LogP contribution in [-0.4, -0.2) is 22.1 Å².